The summed E-state index contributed by atoms with van der Waals surface area (Å²) in [6, 6.07) is 13.6. The first kappa shape index (κ1) is 16.1. The molecule has 4 rings (SSSR count). The van der Waals surface area contributed by atoms with Gasteiger partial charge in [-0.15, -0.1) is 0 Å². The molecule has 0 spiro atoms. The van der Waals surface area contributed by atoms with Gasteiger partial charge in [0, 0.05) is 0 Å². The molecule has 2 radical (unpaired) electrons. The van der Waals surface area contributed by atoms with Crippen molar-refractivity contribution in [2.75, 3.05) is 7.11 Å². The molecule has 3 aromatic rings. The number of hydrogen-bond donors (Lipinski definition) is 0. The number of benzene rings is 2. The summed E-state index contributed by atoms with van der Waals surface area (Å²) in [5, 5.41) is 0.682. The van der Waals surface area contributed by atoms with Crippen molar-refractivity contribution in [1.82, 2.24) is 9.36 Å². The molecule has 1 aliphatic carbocycles. The van der Waals surface area contributed by atoms with Crippen LogP contribution in [0.25, 0.3) is 16.6 Å². The quantitative estimate of drug-likeness (QED) is 0.691. The molecular formula is C20H21BN2O2. The summed E-state index contributed by atoms with van der Waals surface area (Å²) in [5.74, 6) is 0.779. The molecule has 0 N–H and O–H groups in total. The van der Waals surface area contributed by atoms with Crippen LogP contribution in [0.2, 0.25) is 0 Å². The highest BCUT2D eigenvalue weighted by atomic mass is 16.5. The molecule has 2 aromatic carbocycles. The summed E-state index contributed by atoms with van der Waals surface area (Å²) in [7, 11) is 7.58. The summed E-state index contributed by atoms with van der Waals surface area (Å²) in [4.78, 5) is 13.2. The molecule has 4 nitrogen and oxygen atoms in total. The van der Waals surface area contributed by atoms with E-state index in [1.54, 1.807) is 17.9 Å². The predicted octanol–water partition coefficient (Wildman–Crippen LogP) is 3.10. The van der Waals surface area contributed by atoms with Crippen molar-refractivity contribution >= 4 is 24.2 Å². The predicted molar refractivity (Wildman–Crippen MR) is 102 cm³/mol. The highest BCUT2D eigenvalue weighted by Crippen LogP contribution is 2.31. The van der Waals surface area contributed by atoms with Crippen LogP contribution in [0.4, 0.5) is 0 Å². The molecule has 0 amide bonds. The van der Waals surface area contributed by atoms with Crippen molar-refractivity contribution in [2.24, 2.45) is 0 Å². The topological polar surface area (TPSA) is 36.2 Å². The molecule has 1 aromatic heterocycles. The fourth-order valence-corrected chi connectivity index (χ4v) is 3.90. The second-order valence-electron chi connectivity index (χ2n) is 6.73. The zero-order valence-corrected chi connectivity index (χ0v) is 14.4. The van der Waals surface area contributed by atoms with E-state index in [2.05, 4.69) is 4.68 Å². The second-order valence-corrected chi connectivity index (χ2v) is 6.73. The number of nitrogens with zero attached hydrogens (tertiary/aromatic N) is 2. The van der Waals surface area contributed by atoms with E-state index in [9.17, 15) is 4.79 Å². The molecule has 1 aliphatic rings. The molecule has 25 heavy (non-hydrogen) atoms. The van der Waals surface area contributed by atoms with Crippen LogP contribution in [0.1, 0.15) is 38.1 Å². The molecule has 0 unspecified atom stereocenters. The summed E-state index contributed by atoms with van der Waals surface area (Å²) in [6.45, 7) is 0. The van der Waals surface area contributed by atoms with Gasteiger partial charge in [0.25, 0.3) is 5.56 Å². The first-order valence-electron chi connectivity index (χ1n) is 8.86. The average molecular weight is 332 g/mol. The van der Waals surface area contributed by atoms with E-state index >= 15 is 0 Å². The van der Waals surface area contributed by atoms with Crippen LogP contribution in [0.5, 0.6) is 5.75 Å². The van der Waals surface area contributed by atoms with Crippen LogP contribution in [0.15, 0.2) is 47.3 Å². The highest BCUT2D eigenvalue weighted by Gasteiger charge is 2.23. The van der Waals surface area contributed by atoms with E-state index < -0.39 is 0 Å². The monoisotopic (exact) mass is 332 g/mol. The number of aromatic nitrogens is 2. The third kappa shape index (κ3) is 2.78. The minimum Gasteiger partial charge on any atom is -0.497 e. The van der Waals surface area contributed by atoms with Crippen LogP contribution < -0.4 is 15.8 Å². The molecule has 1 fully saturated rings. The Hall–Kier alpha value is -2.43. The molecule has 0 bridgehead atoms. The minimum atomic E-state index is -0.0157. The molecule has 126 valence electrons. The first-order valence-corrected chi connectivity index (χ1v) is 8.86. The van der Waals surface area contributed by atoms with Crippen molar-refractivity contribution < 1.29 is 4.74 Å². The van der Waals surface area contributed by atoms with Crippen LogP contribution in [0.3, 0.4) is 0 Å². The maximum absolute atomic E-state index is 13.2. The lowest BCUT2D eigenvalue weighted by Crippen LogP contribution is -2.25. The number of hydrogen-bond acceptors (Lipinski definition) is 2. The van der Waals surface area contributed by atoms with Gasteiger partial charge in [0.15, 0.2) is 0 Å². The maximum Gasteiger partial charge on any atom is 0.279 e. The Morgan fingerprint density at radius 2 is 1.76 bits per heavy atom. The van der Waals surface area contributed by atoms with Crippen molar-refractivity contribution in [1.29, 1.82) is 0 Å². The Kier molecular flexibility index (Phi) is 4.16. The van der Waals surface area contributed by atoms with E-state index in [0.29, 0.717) is 16.9 Å². The number of rotatable bonds is 3. The Morgan fingerprint density at radius 3 is 2.44 bits per heavy atom. The molecule has 1 heterocycles. The van der Waals surface area contributed by atoms with Crippen LogP contribution in [-0.4, -0.2) is 24.3 Å². The Balaban J connectivity index is 1.97. The molecule has 0 saturated heterocycles. The second kappa shape index (κ2) is 6.47. The van der Waals surface area contributed by atoms with Gasteiger partial charge in [0.1, 0.15) is 13.6 Å². The normalized spacial score (nSPS) is 15.6. The fraction of sp³-hybridized carbons (Fsp3) is 0.350. The maximum atomic E-state index is 13.2. The van der Waals surface area contributed by atoms with E-state index in [0.717, 1.165) is 29.8 Å². The Bertz CT molecular complexity index is 950. The minimum absolute atomic E-state index is 0.0157. The van der Waals surface area contributed by atoms with Gasteiger partial charge in [-0.05, 0) is 43.2 Å². The summed E-state index contributed by atoms with van der Waals surface area (Å²) >= 11 is 0. The van der Waals surface area contributed by atoms with Gasteiger partial charge in [-0.3, -0.25) is 9.48 Å². The zero-order chi connectivity index (χ0) is 17.4. The van der Waals surface area contributed by atoms with E-state index in [1.807, 2.05) is 36.4 Å². The summed E-state index contributed by atoms with van der Waals surface area (Å²) in [6.07, 6.45) is 5.88. The Labute approximate surface area is 148 Å². The Morgan fingerprint density at radius 1 is 1.04 bits per heavy atom. The lowest BCUT2D eigenvalue weighted by atomic mass is 9.94. The van der Waals surface area contributed by atoms with Crippen LogP contribution in [0, 0.1) is 0 Å². The lowest BCUT2D eigenvalue weighted by Gasteiger charge is -2.26. The molecule has 1 saturated carbocycles. The standard InChI is InChI=1S/C20H21BN2O2/c1-25-17-10-8-16(9-11-17)23-20(24)18-13-14(21)7-12-19(18)22(23)15-5-3-2-4-6-15/h7-13,15H,2-6H2,1H3. The smallest absolute Gasteiger partial charge is 0.279 e. The highest BCUT2D eigenvalue weighted by molar-refractivity contribution is 6.33. The molecular weight excluding hydrogens is 311 g/mol. The average Bonchev–Trinajstić information content (AvgIpc) is 2.95. The third-order valence-corrected chi connectivity index (χ3v) is 5.14. The zero-order valence-electron chi connectivity index (χ0n) is 14.4. The van der Waals surface area contributed by atoms with Gasteiger partial charge in [0.2, 0.25) is 0 Å². The lowest BCUT2D eigenvalue weighted by molar-refractivity contribution is 0.319. The van der Waals surface area contributed by atoms with Gasteiger partial charge in [-0.25, -0.2) is 4.68 Å². The van der Waals surface area contributed by atoms with Crippen LogP contribution in [-0.2, 0) is 0 Å². The molecule has 0 aliphatic heterocycles. The van der Waals surface area contributed by atoms with Gasteiger partial charge < -0.3 is 4.74 Å². The third-order valence-electron chi connectivity index (χ3n) is 5.14. The van der Waals surface area contributed by atoms with Crippen molar-refractivity contribution in [3.63, 3.8) is 0 Å². The first-order chi connectivity index (χ1) is 12.2. The number of fused-ring (bicyclic) bond motifs is 1. The van der Waals surface area contributed by atoms with Gasteiger partial charge in [-0.1, -0.05) is 36.9 Å². The van der Waals surface area contributed by atoms with Crippen molar-refractivity contribution in [2.45, 2.75) is 38.1 Å². The molecule has 0 atom stereocenters. The summed E-state index contributed by atoms with van der Waals surface area (Å²) < 4.78 is 9.23. The van der Waals surface area contributed by atoms with Crippen molar-refractivity contribution in [3.05, 3.63) is 52.8 Å². The number of ether oxygens (including phenoxy) is 1. The van der Waals surface area contributed by atoms with Crippen molar-refractivity contribution in [3.8, 4) is 11.4 Å². The van der Waals surface area contributed by atoms with E-state index in [4.69, 9.17) is 12.6 Å². The fourth-order valence-electron chi connectivity index (χ4n) is 3.90. The molecule has 5 heteroatoms. The SMILES string of the molecule is [B]c1ccc2c(c1)c(=O)n(-c1ccc(OC)cc1)n2C1CCCCC1. The van der Waals surface area contributed by atoms with E-state index in [1.165, 1.54) is 19.3 Å². The summed E-state index contributed by atoms with van der Waals surface area (Å²) in [5.41, 5.74) is 2.42. The van der Waals surface area contributed by atoms with E-state index in [-0.39, 0.29) is 5.56 Å². The number of methoxy groups -OCH3 is 1. The largest absolute Gasteiger partial charge is 0.497 e. The van der Waals surface area contributed by atoms with Gasteiger partial charge >= 0.3 is 0 Å². The van der Waals surface area contributed by atoms with Gasteiger partial charge in [0.05, 0.1) is 29.7 Å². The van der Waals surface area contributed by atoms with Crippen LogP contribution >= 0.6 is 0 Å². The van der Waals surface area contributed by atoms with Gasteiger partial charge in [-0.2, -0.15) is 0 Å².